The van der Waals surface area contributed by atoms with Gasteiger partial charge in [-0.3, -0.25) is 10.1 Å². The summed E-state index contributed by atoms with van der Waals surface area (Å²) in [4.78, 5) is 17.4. The van der Waals surface area contributed by atoms with Crippen molar-refractivity contribution < 1.29 is 9.21 Å². The molecule has 6 heteroatoms. The van der Waals surface area contributed by atoms with E-state index >= 15 is 0 Å². The second-order valence-electron chi connectivity index (χ2n) is 5.64. The van der Waals surface area contributed by atoms with Gasteiger partial charge in [-0.15, -0.1) is 0 Å². The Morgan fingerprint density at radius 2 is 1.88 bits per heavy atom. The van der Waals surface area contributed by atoms with Gasteiger partial charge in [0.1, 0.15) is 13.6 Å². The van der Waals surface area contributed by atoms with Gasteiger partial charge in [0.25, 0.3) is 5.91 Å². The van der Waals surface area contributed by atoms with Crippen LogP contribution >= 0.6 is 11.3 Å². The maximum atomic E-state index is 12.9. The van der Waals surface area contributed by atoms with Crippen molar-refractivity contribution in [1.82, 2.24) is 4.98 Å². The molecule has 0 bridgehead atoms. The third-order valence-corrected chi connectivity index (χ3v) is 4.76. The zero-order valence-corrected chi connectivity index (χ0v) is 14.5. The number of fused-ring (bicyclic) bond motifs is 1. The van der Waals surface area contributed by atoms with Crippen LogP contribution in [0.1, 0.15) is 11.3 Å². The molecule has 26 heavy (non-hydrogen) atoms. The molecular weight excluding hydrogens is 343 g/mol. The van der Waals surface area contributed by atoms with Crippen molar-refractivity contribution in [3.63, 3.8) is 0 Å². The first-order valence-corrected chi connectivity index (χ1v) is 8.79. The van der Waals surface area contributed by atoms with E-state index in [0.717, 1.165) is 15.8 Å². The zero-order chi connectivity index (χ0) is 17.9. The fraction of sp³-hybridized carbons (Fsp3) is 0. The summed E-state index contributed by atoms with van der Waals surface area (Å²) < 4.78 is 6.38. The minimum Gasteiger partial charge on any atom is -0.465 e. The molecule has 4 rings (SSSR count). The monoisotopic (exact) mass is 356 g/mol. The predicted octanol–water partition coefficient (Wildman–Crippen LogP) is 3.86. The number of furan rings is 1. The summed E-state index contributed by atoms with van der Waals surface area (Å²) in [5, 5.41) is 3.44. The van der Waals surface area contributed by atoms with E-state index in [9.17, 15) is 4.79 Å². The van der Waals surface area contributed by atoms with E-state index in [1.54, 1.807) is 36.6 Å². The highest BCUT2D eigenvalue weighted by atomic mass is 32.1. The van der Waals surface area contributed by atoms with E-state index in [2.05, 4.69) is 10.3 Å². The zero-order valence-electron chi connectivity index (χ0n) is 13.7. The number of thiazole rings is 1. The fourth-order valence-corrected chi connectivity index (χ4v) is 3.41. The molecule has 1 N–H and O–H groups in total. The number of carbonyl (C=O) groups is 1. The second kappa shape index (κ2) is 7.02. The van der Waals surface area contributed by atoms with Crippen molar-refractivity contribution in [2.75, 3.05) is 5.32 Å². The number of hydrogen-bond donors (Lipinski definition) is 1. The van der Waals surface area contributed by atoms with Gasteiger partial charge in [0, 0.05) is 0 Å². The number of para-hydroxylation sites is 1. The molecule has 124 valence electrons. The Morgan fingerprint density at radius 1 is 1.08 bits per heavy atom. The predicted molar refractivity (Wildman–Crippen MR) is 107 cm³/mol. The molecule has 0 fully saturated rings. The van der Waals surface area contributed by atoms with Gasteiger partial charge in [-0.2, -0.15) is 0 Å². The van der Waals surface area contributed by atoms with Crippen LogP contribution in [0, 0.1) is 0 Å². The highest BCUT2D eigenvalue weighted by Gasteiger charge is 2.15. The van der Waals surface area contributed by atoms with Gasteiger partial charge < -0.3 is 4.42 Å². The molecule has 1 amide bonds. The van der Waals surface area contributed by atoms with Crippen LogP contribution in [0.5, 0.6) is 0 Å². The van der Waals surface area contributed by atoms with E-state index in [1.165, 1.54) is 11.3 Å². The van der Waals surface area contributed by atoms with E-state index in [0.29, 0.717) is 21.9 Å². The van der Waals surface area contributed by atoms with Crippen LogP contribution in [0.4, 0.5) is 5.13 Å². The summed E-state index contributed by atoms with van der Waals surface area (Å²) in [7, 11) is 5.76. The van der Waals surface area contributed by atoms with Crippen LogP contribution in [-0.2, 0) is 4.79 Å². The molecule has 0 atom stereocenters. The Kier molecular flexibility index (Phi) is 4.41. The molecule has 0 unspecified atom stereocenters. The molecule has 0 aliphatic heterocycles. The molecule has 2 radical (unpaired) electrons. The molecule has 2 heterocycles. The van der Waals surface area contributed by atoms with Crippen LogP contribution in [-0.4, -0.2) is 18.7 Å². The summed E-state index contributed by atoms with van der Waals surface area (Å²) in [6.07, 6.45) is 3.27. The lowest BCUT2D eigenvalue weighted by atomic mass is 9.93. The van der Waals surface area contributed by atoms with Crippen molar-refractivity contribution in [1.29, 1.82) is 0 Å². The quantitative estimate of drug-likeness (QED) is 0.446. The molecule has 0 spiro atoms. The van der Waals surface area contributed by atoms with Crippen LogP contribution < -0.4 is 10.8 Å². The number of anilines is 1. The summed E-state index contributed by atoms with van der Waals surface area (Å²) in [5.41, 5.74) is 2.71. The molecule has 2 aromatic heterocycles. The van der Waals surface area contributed by atoms with Crippen molar-refractivity contribution in [3.05, 3.63) is 78.3 Å². The number of rotatable bonds is 4. The molecule has 2 aromatic carbocycles. The Hall–Kier alpha value is -3.12. The number of hydrogen-bond acceptors (Lipinski definition) is 4. The van der Waals surface area contributed by atoms with E-state index in [-0.39, 0.29) is 5.91 Å². The third kappa shape index (κ3) is 3.46. The maximum Gasteiger partial charge on any atom is 0.258 e. The average Bonchev–Trinajstić information content (AvgIpc) is 3.29. The fourth-order valence-electron chi connectivity index (χ4n) is 2.55. The highest BCUT2D eigenvalue weighted by molar-refractivity contribution is 7.22. The molecule has 0 saturated heterocycles. The van der Waals surface area contributed by atoms with Gasteiger partial charge >= 0.3 is 0 Å². The van der Waals surface area contributed by atoms with Gasteiger partial charge in [-0.1, -0.05) is 53.2 Å². The Balaban J connectivity index is 1.68. The third-order valence-electron chi connectivity index (χ3n) is 3.81. The van der Waals surface area contributed by atoms with Gasteiger partial charge in [-0.05, 0) is 35.9 Å². The van der Waals surface area contributed by atoms with E-state index < -0.39 is 0 Å². The lowest BCUT2D eigenvalue weighted by Gasteiger charge is -2.08. The van der Waals surface area contributed by atoms with Crippen LogP contribution in [0.25, 0.3) is 21.9 Å². The number of carbonyl (C=O) groups excluding carboxylic acids is 1. The Morgan fingerprint density at radius 3 is 2.62 bits per heavy atom. The molecule has 0 aliphatic rings. The number of aromatic nitrogens is 1. The van der Waals surface area contributed by atoms with Crippen molar-refractivity contribution in [2.24, 2.45) is 0 Å². The minimum absolute atomic E-state index is 0.259. The van der Waals surface area contributed by atoms with Crippen molar-refractivity contribution in [3.8, 4) is 0 Å². The molecule has 0 aliphatic carbocycles. The largest absolute Gasteiger partial charge is 0.465 e. The van der Waals surface area contributed by atoms with Crippen LogP contribution in [0.15, 0.2) is 71.3 Å². The van der Waals surface area contributed by atoms with Crippen LogP contribution in [0.3, 0.4) is 0 Å². The normalized spacial score (nSPS) is 11.6. The molecule has 0 saturated carbocycles. The second-order valence-corrected chi connectivity index (χ2v) is 6.67. The molecular formula is C20H13BN2O2S. The minimum atomic E-state index is -0.259. The summed E-state index contributed by atoms with van der Waals surface area (Å²) in [6.45, 7) is 0. The van der Waals surface area contributed by atoms with Gasteiger partial charge in [0.05, 0.1) is 22.1 Å². The Labute approximate surface area is 155 Å². The molecule has 4 aromatic rings. The van der Waals surface area contributed by atoms with Crippen LogP contribution in [0.2, 0.25) is 0 Å². The average molecular weight is 356 g/mol. The highest BCUT2D eigenvalue weighted by Crippen LogP contribution is 2.27. The smallest absolute Gasteiger partial charge is 0.258 e. The van der Waals surface area contributed by atoms with Crippen molar-refractivity contribution >= 4 is 57.6 Å². The number of nitrogens with zero attached hydrogens (tertiary/aromatic N) is 1. The number of benzene rings is 2. The summed E-state index contributed by atoms with van der Waals surface area (Å²) >= 11 is 1.43. The SMILES string of the molecule is [B]c1ccc(/C(=C\c2ccco2)C(=O)Nc2nc3ccccc3s2)cc1. The number of nitrogens with one attached hydrogen (secondary N) is 1. The van der Waals surface area contributed by atoms with Gasteiger partial charge in [-0.25, -0.2) is 4.98 Å². The van der Waals surface area contributed by atoms with Crippen molar-refractivity contribution in [2.45, 2.75) is 0 Å². The first kappa shape index (κ1) is 16.4. The van der Waals surface area contributed by atoms with Gasteiger partial charge in [0.15, 0.2) is 5.13 Å². The first-order chi connectivity index (χ1) is 12.7. The topological polar surface area (TPSA) is 55.1 Å². The Bertz CT molecular complexity index is 1050. The molecule has 4 nitrogen and oxygen atoms in total. The number of amides is 1. The summed E-state index contributed by atoms with van der Waals surface area (Å²) in [6, 6.07) is 18.5. The lowest BCUT2D eigenvalue weighted by Crippen LogP contribution is -2.14. The summed E-state index contributed by atoms with van der Waals surface area (Å²) in [5.74, 6) is 0.335. The maximum absolute atomic E-state index is 12.9. The van der Waals surface area contributed by atoms with Gasteiger partial charge in [0.2, 0.25) is 0 Å². The standard InChI is InChI=1S/C20H13BN2O2S/c21-14-9-7-13(8-10-14)16(12-15-4-3-11-25-15)19(24)23-20-22-17-5-1-2-6-18(17)26-20/h1-12H,(H,22,23,24)/b16-12+. The first-order valence-electron chi connectivity index (χ1n) is 7.97. The van der Waals surface area contributed by atoms with E-state index in [1.807, 2.05) is 36.4 Å². The van der Waals surface area contributed by atoms with E-state index in [4.69, 9.17) is 12.3 Å². The lowest BCUT2D eigenvalue weighted by molar-refractivity contribution is -0.111.